The first kappa shape index (κ1) is 22.4. The molecule has 1 aromatic carbocycles. The number of anilines is 1. The van der Waals surface area contributed by atoms with E-state index in [9.17, 15) is 19.1 Å². The number of hydrogen-bond donors (Lipinski definition) is 2. The summed E-state index contributed by atoms with van der Waals surface area (Å²) in [7, 11) is 0. The molecule has 1 unspecified atom stereocenters. The van der Waals surface area contributed by atoms with Gasteiger partial charge in [0, 0.05) is 6.54 Å². The lowest BCUT2D eigenvalue weighted by molar-refractivity contribution is 0.0676. The lowest BCUT2D eigenvalue weighted by atomic mass is 10.2. The Morgan fingerprint density at radius 1 is 1.32 bits per heavy atom. The first-order chi connectivity index (χ1) is 14.8. The molecule has 1 aliphatic rings. The van der Waals surface area contributed by atoms with Gasteiger partial charge in [-0.3, -0.25) is 0 Å². The van der Waals surface area contributed by atoms with Crippen LogP contribution in [0, 0.1) is 5.82 Å². The first-order valence-electron chi connectivity index (χ1n) is 9.90. The van der Waals surface area contributed by atoms with Gasteiger partial charge in [0.2, 0.25) is 5.88 Å². The maximum absolute atomic E-state index is 14.7. The van der Waals surface area contributed by atoms with Crippen molar-refractivity contribution in [2.24, 2.45) is 0 Å². The van der Waals surface area contributed by atoms with E-state index in [2.05, 4.69) is 10.4 Å². The van der Waals surface area contributed by atoms with Gasteiger partial charge in [0.15, 0.2) is 11.6 Å². The maximum atomic E-state index is 14.7. The van der Waals surface area contributed by atoms with Crippen LogP contribution in [-0.4, -0.2) is 52.4 Å². The number of amides is 2. The van der Waals surface area contributed by atoms with E-state index in [1.165, 1.54) is 4.90 Å². The van der Waals surface area contributed by atoms with E-state index < -0.39 is 35.7 Å². The van der Waals surface area contributed by atoms with Gasteiger partial charge in [-0.1, -0.05) is 30.3 Å². The van der Waals surface area contributed by atoms with E-state index in [4.69, 9.17) is 9.47 Å². The molecule has 0 spiro atoms. The number of aromatic nitrogens is 1. The van der Waals surface area contributed by atoms with Crippen LogP contribution in [0.15, 0.2) is 36.4 Å². The van der Waals surface area contributed by atoms with Crippen LogP contribution in [0.4, 0.5) is 15.0 Å². The smallest absolute Gasteiger partial charge is 0.342 e. The summed E-state index contributed by atoms with van der Waals surface area (Å²) in [6.45, 7) is 6.04. The minimum atomic E-state index is -1.38. The lowest BCUT2D eigenvalue weighted by Gasteiger charge is -2.20. The third-order valence-electron chi connectivity index (χ3n) is 4.53. The highest BCUT2D eigenvalue weighted by Crippen LogP contribution is 2.28. The number of carboxylic acid groups (broad SMARTS) is 1. The summed E-state index contributed by atoms with van der Waals surface area (Å²) in [4.78, 5) is 29.8. The van der Waals surface area contributed by atoms with Crippen molar-refractivity contribution in [3.05, 3.63) is 53.3 Å². The molecule has 1 atom stereocenters. The fourth-order valence-corrected chi connectivity index (χ4v) is 3.12. The van der Waals surface area contributed by atoms with Gasteiger partial charge in [-0.05, 0) is 32.4 Å². The summed E-state index contributed by atoms with van der Waals surface area (Å²) in [5.74, 6) is -2.97. The third kappa shape index (κ3) is 5.09. The number of rotatable bonds is 9. The van der Waals surface area contributed by atoms with Crippen LogP contribution < -0.4 is 15.2 Å². The van der Waals surface area contributed by atoms with Gasteiger partial charge in [0.1, 0.15) is 11.7 Å². The molecule has 166 valence electrons. The number of ether oxygens (including phenoxy) is 2. The van der Waals surface area contributed by atoms with Crippen LogP contribution in [0.2, 0.25) is 0 Å². The number of benzene rings is 1. The van der Waals surface area contributed by atoms with E-state index in [0.717, 1.165) is 16.6 Å². The summed E-state index contributed by atoms with van der Waals surface area (Å²) in [5, 5.41) is 10.3. The number of carbonyl (C=O) groups is 2. The number of hydrogen-bond acceptors (Lipinski definition) is 6. The van der Waals surface area contributed by atoms with Crippen molar-refractivity contribution in [3.63, 3.8) is 0 Å². The van der Waals surface area contributed by atoms with Gasteiger partial charge < -0.3 is 19.5 Å². The Bertz CT molecular complexity index is 941. The van der Waals surface area contributed by atoms with Gasteiger partial charge in [-0.15, -0.1) is 0 Å². The minimum Gasteiger partial charge on any atom is -0.477 e. The fourth-order valence-electron chi connectivity index (χ4n) is 3.12. The molecule has 0 saturated carbocycles. The van der Waals surface area contributed by atoms with Crippen LogP contribution in [0.3, 0.4) is 0 Å². The molecule has 2 amide bonds. The van der Waals surface area contributed by atoms with Crippen LogP contribution in [0.25, 0.3) is 0 Å². The molecule has 0 bridgehead atoms. The normalized spacial score (nSPS) is 16.3. The van der Waals surface area contributed by atoms with Crippen molar-refractivity contribution in [1.82, 2.24) is 15.3 Å². The average Bonchev–Trinajstić information content (AvgIpc) is 3.04. The molecule has 10 heteroatoms. The third-order valence-corrected chi connectivity index (χ3v) is 4.53. The molecule has 1 fully saturated rings. The predicted molar refractivity (Wildman–Crippen MR) is 110 cm³/mol. The Morgan fingerprint density at radius 3 is 2.65 bits per heavy atom. The largest absolute Gasteiger partial charge is 0.477 e. The molecule has 1 aliphatic heterocycles. The molecule has 0 radical (unpaired) electrons. The van der Waals surface area contributed by atoms with Crippen LogP contribution in [-0.2, 0) is 11.3 Å². The number of hydrazine groups is 1. The number of pyridine rings is 1. The van der Waals surface area contributed by atoms with Crippen molar-refractivity contribution in [1.29, 1.82) is 0 Å². The van der Waals surface area contributed by atoms with E-state index in [1.807, 2.05) is 30.3 Å². The summed E-state index contributed by atoms with van der Waals surface area (Å²) in [6.07, 6.45) is -0.937. The average molecular weight is 432 g/mol. The van der Waals surface area contributed by atoms with Crippen molar-refractivity contribution >= 4 is 17.8 Å². The van der Waals surface area contributed by atoms with E-state index >= 15 is 0 Å². The zero-order valence-corrected chi connectivity index (χ0v) is 17.5. The summed E-state index contributed by atoms with van der Waals surface area (Å²) >= 11 is 0. The minimum absolute atomic E-state index is 0.162. The zero-order valence-electron chi connectivity index (χ0n) is 17.5. The molecule has 2 aromatic rings. The highest BCUT2D eigenvalue weighted by molar-refractivity contribution is 5.94. The molecule has 1 aromatic heterocycles. The molecule has 2 heterocycles. The van der Waals surface area contributed by atoms with E-state index in [-0.39, 0.29) is 18.3 Å². The molecular formula is C21H25FN4O5. The standard InChI is InChI=1S/C21H25FN4O5/c1-4-25-17(12-30-11-14-8-6-5-7-9-14)24-26(21(25)29)18-16(22)10-15(20(27)28)19(23-18)31-13(2)3/h5-10,13,17,24H,4,11-12H2,1-3H3,(H,27,28). The highest BCUT2D eigenvalue weighted by atomic mass is 19.1. The Morgan fingerprint density at radius 2 is 2.03 bits per heavy atom. The van der Waals surface area contributed by atoms with Crippen molar-refractivity contribution in [2.75, 3.05) is 18.2 Å². The number of carbonyl (C=O) groups excluding carboxylic acids is 1. The quantitative estimate of drug-likeness (QED) is 0.628. The summed E-state index contributed by atoms with van der Waals surface area (Å²) in [6, 6.07) is 9.84. The Hall–Kier alpha value is -3.24. The van der Waals surface area contributed by atoms with Crippen LogP contribution in [0.1, 0.15) is 36.7 Å². The van der Waals surface area contributed by atoms with E-state index in [1.54, 1.807) is 20.8 Å². The van der Waals surface area contributed by atoms with Gasteiger partial charge in [0.25, 0.3) is 0 Å². The second kappa shape index (κ2) is 9.71. The van der Waals surface area contributed by atoms with Crippen molar-refractivity contribution in [2.45, 2.75) is 39.6 Å². The van der Waals surface area contributed by atoms with Gasteiger partial charge in [0.05, 0.1) is 19.3 Å². The monoisotopic (exact) mass is 432 g/mol. The topological polar surface area (TPSA) is 104 Å². The summed E-state index contributed by atoms with van der Waals surface area (Å²) in [5.41, 5.74) is 3.46. The fraction of sp³-hybridized carbons (Fsp3) is 0.381. The van der Waals surface area contributed by atoms with E-state index in [0.29, 0.717) is 13.2 Å². The van der Waals surface area contributed by atoms with Crippen LogP contribution in [0.5, 0.6) is 5.88 Å². The number of nitrogens with one attached hydrogen (secondary N) is 1. The molecular weight excluding hydrogens is 407 g/mol. The predicted octanol–water partition coefficient (Wildman–Crippen LogP) is 3.02. The van der Waals surface area contributed by atoms with Gasteiger partial charge in [-0.2, -0.15) is 10.4 Å². The molecule has 1 saturated heterocycles. The van der Waals surface area contributed by atoms with Crippen molar-refractivity contribution in [3.8, 4) is 5.88 Å². The molecule has 0 aliphatic carbocycles. The SMILES string of the molecule is CCN1C(=O)N(c2nc(OC(C)C)c(C(=O)O)cc2F)NC1COCc1ccccc1. The number of nitrogens with zero attached hydrogens (tertiary/aromatic N) is 3. The second-order valence-electron chi connectivity index (χ2n) is 7.17. The number of aromatic carboxylic acids is 1. The number of carboxylic acids is 1. The molecule has 9 nitrogen and oxygen atoms in total. The maximum Gasteiger partial charge on any atom is 0.342 e. The summed E-state index contributed by atoms with van der Waals surface area (Å²) < 4.78 is 25.9. The van der Waals surface area contributed by atoms with Crippen LogP contribution >= 0.6 is 0 Å². The first-order valence-corrected chi connectivity index (χ1v) is 9.90. The van der Waals surface area contributed by atoms with Crippen molar-refractivity contribution < 1.29 is 28.6 Å². The molecule has 2 N–H and O–H groups in total. The number of likely N-dealkylation sites (N-methyl/N-ethyl adjacent to an activating group) is 1. The van der Waals surface area contributed by atoms with Gasteiger partial charge in [-0.25, -0.2) is 19.0 Å². The molecule has 3 rings (SSSR count). The highest BCUT2D eigenvalue weighted by Gasteiger charge is 2.39. The Labute approximate surface area is 179 Å². The lowest BCUT2D eigenvalue weighted by Crippen LogP contribution is -2.42. The van der Waals surface area contributed by atoms with Gasteiger partial charge >= 0.3 is 12.0 Å². The second-order valence-corrected chi connectivity index (χ2v) is 7.17. The molecule has 31 heavy (non-hydrogen) atoms. The number of halogens is 1. The Balaban J connectivity index is 1.80. The zero-order chi connectivity index (χ0) is 22.5. The Kier molecular flexibility index (Phi) is 7.03. The number of urea groups is 1.